The summed E-state index contributed by atoms with van der Waals surface area (Å²) in [4.78, 5) is 0. The van der Waals surface area contributed by atoms with Crippen molar-refractivity contribution in [2.24, 2.45) is 11.7 Å². The molecule has 1 fully saturated rings. The molecule has 3 heteroatoms. The molecule has 0 aliphatic heterocycles. The van der Waals surface area contributed by atoms with Crippen molar-refractivity contribution in [3.05, 3.63) is 23.8 Å². The number of rotatable bonds is 7. The van der Waals surface area contributed by atoms with Crippen LogP contribution in [-0.4, -0.2) is 20.3 Å². The van der Waals surface area contributed by atoms with E-state index < -0.39 is 0 Å². The number of nitrogens with two attached hydrogens (primary N) is 1. The highest BCUT2D eigenvalue weighted by atomic mass is 16.5. The van der Waals surface area contributed by atoms with Crippen LogP contribution in [-0.2, 0) is 6.42 Å². The first-order valence-electron chi connectivity index (χ1n) is 7.82. The van der Waals surface area contributed by atoms with E-state index in [-0.39, 0.29) is 0 Å². The summed E-state index contributed by atoms with van der Waals surface area (Å²) in [7, 11) is 1.70. The molecule has 1 aliphatic carbocycles. The molecule has 0 bridgehead atoms. The maximum atomic E-state index is 6.00. The van der Waals surface area contributed by atoms with Crippen molar-refractivity contribution >= 4 is 0 Å². The number of hydrogen-bond acceptors (Lipinski definition) is 3. The maximum Gasteiger partial charge on any atom is 0.123 e. The molecule has 0 amide bonds. The standard InChI is InChI=1S/C17H27NO2/c1-19-16-10-15(8-5-9-18)11-17(12-16)20-13-14-6-3-2-4-7-14/h10-12,14H,2-9,13,18H2,1H3. The Labute approximate surface area is 122 Å². The van der Waals surface area contributed by atoms with Crippen molar-refractivity contribution in [3.63, 3.8) is 0 Å². The Morgan fingerprint density at radius 1 is 1.10 bits per heavy atom. The van der Waals surface area contributed by atoms with Gasteiger partial charge in [-0.1, -0.05) is 19.3 Å². The minimum absolute atomic E-state index is 0.718. The van der Waals surface area contributed by atoms with Crippen LogP contribution in [0.5, 0.6) is 11.5 Å². The third kappa shape index (κ3) is 4.71. The smallest absolute Gasteiger partial charge is 0.123 e. The molecule has 0 aromatic heterocycles. The molecule has 1 aliphatic rings. The molecule has 3 nitrogen and oxygen atoms in total. The predicted molar refractivity (Wildman–Crippen MR) is 82.4 cm³/mol. The molecule has 2 rings (SSSR count). The van der Waals surface area contributed by atoms with Crippen molar-refractivity contribution in [2.45, 2.75) is 44.9 Å². The molecule has 1 saturated carbocycles. The lowest BCUT2D eigenvalue weighted by Gasteiger charge is -2.22. The zero-order chi connectivity index (χ0) is 14.2. The van der Waals surface area contributed by atoms with Crippen LogP contribution in [0, 0.1) is 5.92 Å². The van der Waals surface area contributed by atoms with Crippen molar-refractivity contribution in [3.8, 4) is 11.5 Å². The summed E-state index contributed by atoms with van der Waals surface area (Å²) in [5, 5.41) is 0. The fourth-order valence-corrected chi connectivity index (χ4v) is 2.85. The third-order valence-electron chi connectivity index (χ3n) is 4.06. The van der Waals surface area contributed by atoms with E-state index in [1.807, 2.05) is 6.07 Å². The molecule has 0 radical (unpaired) electrons. The highest BCUT2D eigenvalue weighted by molar-refractivity contribution is 5.38. The molecule has 0 spiro atoms. The van der Waals surface area contributed by atoms with E-state index in [1.54, 1.807) is 7.11 Å². The zero-order valence-corrected chi connectivity index (χ0v) is 12.6. The maximum absolute atomic E-state index is 6.00. The minimum Gasteiger partial charge on any atom is -0.497 e. The summed E-state index contributed by atoms with van der Waals surface area (Å²) in [6.07, 6.45) is 8.69. The fraction of sp³-hybridized carbons (Fsp3) is 0.647. The van der Waals surface area contributed by atoms with Crippen LogP contribution in [0.4, 0.5) is 0 Å². The van der Waals surface area contributed by atoms with Gasteiger partial charge in [-0.2, -0.15) is 0 Å². The first kappa shape index (κ1) is 15.2. The molecule has 20 heavy (non-hydrogen) atoms. The van der Waals surface area contributed by atoms with E-state index >= 15 is 0 Å². The van der Waals surface area contributed by atoms with Gasteiger partial charge >= 0.3 is 0 Å². The van der Waals surface area contributed by atoms with Gasteiger partial charge < -0.3 is 15.2 Å². The van der Waals surface area contributed by atoms with Crippen molar-refractivity contribution in [2.75, 3.05) is 20.3 Å². The molecular formula is C17H27NO2. The van der Waals surface area contributed by atoms with Gasteiger partial charge in [-0.25, -0.2) is 0 Å². The molecule has 1 aromatic carbocycles. The Hall–Kier alpha value is -1.22. The molecule has 2 N–H and O–H groups in total. The van der Waals surface area contributed by atoms with Crippen LogP contribution in [0.1, 0.15) is 44.1 Å². The SMILES string of the molecule is COc1cc(CCCN)cc(OCC2CCCCC2)c1. The van der Waals surface area contributed by atoms with E-state index in [0.717, 1.165) is 43.4 Å². The van der Waals surface area contributed by atoms with Crippen molar-refractivity contribution < 1.29 is 9.47 Å². The first-order chi connectivity index (χ1) is 9.81. The van der Waals surface area contributed by atoms with Gasteiger partial charge in [0.2, 0.25) is 0 Å². The minimum atomic E-state index is 0.718. The Morgan fingerprint density at radius 2 is 1.85 bits per heavy atom. The molecule has 0 atom stereocenters. The van der Waals surface area contributed by atoms with Crippen LogP contribution in [0.2, 0.25) is 0 Å². The average Bonchev–Trinajstić information content (AvgIpc) is 2.51. The quantitative estimate of drug-likeness (QED) is 0.829. The van der Waals surface area contributed by atoms with Gasteiger partial charge in [0.05, 0.1) is 13.7 Å². The van der Waals surface area contributed by atoms with E-state index in [9.17, 15) is 0 Å². The third-order valence-corrected chi connectivity index (χ3v) is 4.06. The lowest BCUT2D eigenvalue weighted by molar-refractivity contribution is 0.208. The Balaban J connectivity index is 1.94. The number of methoxy groups -OCH3 is 1. The summed E-state index contributed by atoms with van der Waals surface area (Å²) in [5.74, 6) is 2.53. The summed E-state index contributed by atoms with van der Waals surface area (Å²) in [6.45, 7) is 1.55. The molecule has 0 unspecified atom stereocenters. The first-order valence-corrected chi connectivity index (χ1v) is 7.82. The monoisotopic (exact) mass is 277 g/mol. The Kier molecular flexibility index (Phi) is 6.19. The largest absolute Gasteiger partial charge is 0.497 e. The van der Waals surface area contributed by atoms with Crippen molar-refractivity contribution in [1.82, 2.24) is 0 Å². The topological polar surface area (TPSA) is 44.5 Å². The van der Waals surface area contributed by atoms with Gasteiger partial charge in [-0.3, -0.25) is 0 Å². The van der Waals surface area contributed by atoms with Gasteiger partial charge in [0, 0.05) is 6.07 Å². The van der Waals surface area contributed by atoms with E-state index in [2.05, 4.69) is 12.1 Å². The second-order valence-electron chi connectivity index (χ2n) is 5.72. The highest BCUT2D eigenvalue weighted by Gasteiger charge is 2.14. The van der Waals surface area contributed by atoms with E-state index in [1.165, 1.54) is 37.7 Å². The highest BCUT2D eigenvalue weighted by Crippen LogP contribution is 2.27. The van der Waals surface area contributed by atoms with Crippen LogP contribution in [0.25, 0.3) is 0 Å². The van der Waals surface area contributed by atoms with Gasteiger partial charge in [0.25, 0.3) is 0 Å². The number of aryl methyl sites for hydroxylation is 1. The van der Waals surface area contributed by atoms with Crippen LogP contribution in [0.3, 0.4) is 0 Å². The number of ether oxygens (including phenoxy) is 2. The second kappa shape index (κ2) is 8.15. The van der Waals surface area contributed by atoms with Crippen LogP contribution in [0.15, 0.2) is 18.2 Å². The molecule has 1 aromatic rings. The zero-order valence-electron chi connectivity index (χ0n) is 12.6. The summed E-state index contributed by atoms with van der Waals surface area (Å²) >= 11 is 0. The molecule has 112 valence electrons. The summed E-state index contributed by atoms with van der Waals surface area (Å²) in [6, 6.07) is 6.18. The Morgan fingerprint density at radius 3 is 2.55 bits per heavy atom. The second-order valence-corrected chi connectivity index (χ2v) is 5.72. The average molecular weight is 277 g/mol. The summed E-state index contributed by atoms with van der Waals surface area (Å²) in [5.41, 5.74) is 6.82. The lowest BCUT2D eigenvalue weighted by atomic mass is 9.90. The molecule has 0 heterocycles. The molecular weight excluding hydrogens is 250 g/mol. The Bertz CT molecular complexity index is 400. The van der Waals surface area contributed by atoms with Gasteiger partial charge in [-0.15, -0.1) is 0 Å². The van der Waals surface area contributed by atoms with Crippen LogP contribution >= 0.6 is 0 Å². The van der Waals surface area contributed by atoms with Crippen molar-refractivity contribution in [1.29, 1.82) is 0 Å². The predicted octanol–water partition coefficient (Wildman–Crippen LogP) is 3.55. The van der Waals surface area contributed by atoms with Gasteiger partial charge in [0.15, 0.2) is 0 Å². The van der Waals surface area contributed by atoms with Gasteiger partial charge in [0.1, 0.15) is 11.5 Å². The normalized spacial score (nSPS) is 16.1. The van der Waals surface area contributed by atoms with Gasteiger partial charge in [-0.05, 0) is 55.8 Å². The summed E-state index contributed by atoms with van der Waals surface area (Å²) < 4.78 is 11.4. The lowest BCUT2D eigenvalue weighted by Crippen LogP contribution is -2.15. The van der Waals surface area contributed by atoms with E-state index in [0.29, 0.717) is 0 Å². The number of benzene rings is 1. The van der Waals surface area contributed by atoms with E-state index in [4.69, 9.17) is 15.2 Å². The van der Waals surface area contributed by atoms with Crippen LogP contribution < -0.4 is 15.2 Å². The number of hydrogen-bond donors (Lipinski definition) is 1. The fourth-order valence-electron chi connectivity index (χ4n) is 2.85. The molecule has 0 saturated heterocycles.